The Bertz CT molecular complexity index is 300. The highest BCUT2D eigenvalue weighted by molar-refractivity contribution is 6.00. The van der Waals surface area contributed by atoms with Crippen LogP contribution < -0.4 is 0 Å². The lowest BCUT2D eigenvalue weighted by molar-refractivity contribution is -0.158. The highest BCUT2D eigenvalue weighted by Gasteiger charge is 2.28. The molecule has 0 amide bonds. The average molecular weight is 276 g/mol. The minimum absolute atomic E-state index is 0.00132. The Morgan fingerprint density at radius 1 is 1.00 bits per heavy atom. The first-order valence-electron chi connectivity index (χ1n) is 6.07. The third-order valence-corrected chi connectivity index (χ3v) is 2.26. The molecule has 0 bridgehead atoms. The Morgan fingerprint density at radius 3 is 2.00 bits per heavy atom. The monoisotopic (exact) mass is 276 g/mol. The van der Waals surface area contributed by atoms with Crippen LogP contribution in [0.1, 0.15) is 26.2 Å². The van der Waals surface area contributed by atoms with Gasteiger partial charge in [-0.25, -0.2) is 0 Å². The minimum Gasteiger partial charge on any atom is -0.466 e. The molecule has 19 heavy (non-hydrogen) atoms. The molecule has 2 N–H and O–H groups in total. The highest BCUT2D eigenvalue weighted by atomic mass is 16.5. The summed E-state index contributed by atoms with van der Waals surface area (Å²) in [5, 5.41) is 17.1. The summed E-state index contributed by atoms with van der Waals surface area (Å²) in [5.41, 5.74) is 0. The van der Waals surface area contributed by atoms with Crippen molar-refractivity contribution in [1.29, 1.82) is 0 Å². The summed E-state index contributed by atoms with van der Waals surface area (Å²) < 4.78 is 9.50. The third-order valence-electron chi connectivity index (χ3n) is 2.26. The summed E-state index contributed by atoms with van der Waals surface area (Å²) in [6.07, 6.45) is 0.202. The lowest BCUT2D eigenvalue weighted by Crippen LogP contribution is -2.28. The topological polar surface area (TPSA) is 110 Å². The van der Waals surface area contributed by atoms with Gasteiger partial charge >= 0.3 is 11.9 Å². The molecule has 0 aliphatic heterocycles. The van der Waals surface area contributed by atoms with Crippen molar-refractivity contribution in [3.05, 3.63) is 0 Å². The van der Waals surface area contributed by atoms with E-state index in [0.29, 0.717) is 6.42 Å². The van der Waals surface area contributed by atoms with Crippen molar-refractivity contribution >= 4 is 17.7 Å². The van der Waals surface area contributed by atoms with Crippen molar-refractivity contribution < 1.29 is 34.1 Å². The largest absolute Gasteiger partial charge is 0.466 e. The average Bonchev–Trinajstić information content (AvgIpc) is 2.36. The minimum atomic E-state index is -1.18. The van der Waals surface area contributed by atoms with Gasteiger partial charge in [-0.1, -0.05) is 0 Å². The van der Waals surface area contributed by atoms with Crippen LogP contribution in [0.3, 0.4) is 0 Å². The number of esters is 2. The standard InChI is InChI=1S/C12H20O7/c1-9(15)10(12(17)19-7-3-5-14)8-11(16)18-6-2-4-13/h10,13-14H,2-8H2,1H3. The molecule has 0 aliphatic carbocycles. The second-order valence-corrected chi connectivity index (χ2v) is 3.91. The molecular formula is C12H20O7. The van der Waals surface area contributed by atoms with Gasteiger partial charge < -0.3 is 19.7 Å². The van der Waals surface area contributed by atoms with Crippen molar-refractivity contribution in [3.8, 4) is 0 Å². The summed E-state index contributed by atoms with van der Waals surface area (Å²) in [6.45, 7) is 1.00. The van der Waals surface area contributed by atoms with Crippen molar-refractivity contribution in [2.75, 3.05) is 26.4 Å². The molecule has 0 saturated carbocycles. The van der Waals surface area contributed by atoms with Crippen molar-refractivity contribution in [1.82, 2.24) is 0 Å². The molecule has 0 spiro atoms. The summed E-state index contributed by atoms with van der Waals surface area (Å²) in [6, 6.07) is 0. The molecule has 0 saturated heterocycles. The van der Waals surface area contributed by atoms with Gasteiger partial charge in [0.15, 0.2) is 0 Å². The van der Waals surface area contributed by atoms with Gasteiger partial charge in [-0.05, 0) is 6.92 Å². The van der Waals surface area contributed by atoms with Crippen LogP contribution in [0.25, 0.3) is 0 Å². The van der Waals surface area contributed by atoms with Crippen LogP contribution in [-0.2, 0) is 23.9 Å². The Balaban J connectivity index is 4.20. The number of carbonyl (C=O) groups excluding carboxylic acids is 3. The van der Waals surface area contributed by atoms with E-state index in [0.717, 1.165) is 0 Å². The molecule has 7 heteroatoms. The van der Waals surface area contributed by atoms with Gasteiger partial charge in [0.25, 0.3) is 0 Å². The Hall–Kier alpha value is -1.47. The van der Waals surface area contributed by atoms with Crippen LogP contribution in [0.2, 0.25) is 0 Å². The van der Waals surface area contributed by atoms with Gasteiger partial charge in [0.2, 0.25) is 0 Å². The molecule has 0 aromatic rings. The first-order chi connectivity index (χ1) is 9.02. The number of ether oxygens (including phenoxy) is 2. The summed E-state index contributed by atoms with van der Waals surface area (Å²) in [5.74, 6) is -3.14. The predicted octanol–water partition coefficient (Wildman–Crippen LogP) is -0.567. The SMILES string of the molecule is CC(=O)C(CC(=O)OCCCO)C(=O)OCCCO. The van der Waals surface area contributed by atoms with E-state index in [1.807, 2.05) is 0 Å². The number of ketones is 1. The number of rotatable bonds is 10. The summed E-state index contributed by atoms with van der Waals surface area (Å²) in [7, 11) is 0. The van der Waals surface area contributed by atoms with Crippen LogP contribution >= 0.6 is 0 Å². The predicted molar refractivity (Wildman–Crippen MR) is 64.1 cm³/mol. The van der Waals surface area contributed by atoms with Gasteiger partial charge in [-0.3, -0.25) is 14.4 Å². The lowest BCUT2D eigenvalue weighted by atomic mass is 10.0. The molecule has 0 aromatic carbocycles. The van der Waals surface area contributed by atoms with Gasteiger partial charge in [0.1, 0.15) is 11.7 Å². The molecule has 0 radical (unpaired) electrons. The Kier molecular flexibility index (Phi) is 9.64. The molecule has 7 nitrogen and oxygen atoms in total. The maximum absolute atomic E-state index is 11.6. The molecule has 110 valence electrons. The Labute approximate surface area is 111 Å². The number of hydrogen-bond acceptors (Lipinski definition) is 7. The lowest BCUT2D eigenvalue weighted by Gasteiger charge is -2.12. The normalized spacial score (nSPS) is 11.7. The van der Waals surface area contributed by atoms with E-state index in [1.54, 1.807) is 0 Å². The zero-order valence-electron chi connectivity index (χ0n) is 11.0. The molecule has 0 aliphatic rings. The van der Waals surface area contributed by atoms with Crippen molar-refractivity contribution in [2.24, 2.45) is 5.92 Å². The maximum atomic E-state index is 11.6. The zero-order chi connectivity index (χ0) is 14.7. The van der Waals surface area contributed by atoms with Crippen LogP contribution in [0, 0.1) is 5.92 Å². The molecular weight excluding hydrogens is 256 g/mol. The molecule has 1 atom stereocenters. The molecule has 0 fully saturated rings. The summed E-state index contributed by atoms with van der Waals surface area (Å²) >= 11 is 0. The van der Waals surface area contributed by atoms with Crippen LogP contribution in [0.5, 0.6) is 0 Å². The number of Topliss-reactive ketones (excluding diaryl/α,β-unsaturated/α-hetero) is 1. The van der Waals surface area contributed by atoms with Crippen molar-refractivity contribution in [2.45, 2.75) is 26.2 Å². The van der Waals surface area contributed by atoms with E-state index in [2.05, 4.69) is 0 Å². The van der Waals surface area contributed by atoms with E-state index < -0.39 is 23.6 Å². The number of aliphatic hydroxyl groups excluding tert-OH is 2. The van der Waals surface area contributed by atoms with Crippen LogP contribution in [0.4, 0.5) is 0 Å². The number of carbonyl (C=O) groups is 3. The zero-order valence-corrected chi connectivity index (χ0v) is 11.0. The molecule has 0 aromatic heterocycles. The van der Waals surface area contributed by atoms with Crippen LogP contribution in [-0.4, -0.2) is 54.4 Å². The second-order valence-electron chi connectivity index (χ2n) is 3.91. The fourth-order valence-electron chi connectivity index (χ4n) is 1.21. The van der Waals surface area contributed by atoms with E-state index in [9.17, 15) is 14.4 Å². The fraction of sp³-hybridized carbons (Fsp3) is 0.750. The van der Waals surface area contributed by atoms with E-state index >= 15 is 0 Å². The highest BCUT2D eigenvalue weighted by Crippen LogP contribution is 2.09. The fourth-order valence-corrected chi connectivity index (χ4v) is 1.21. The first-order valence-corrected chi connectivity index (χ1v) is 6.07. The Morgan fingerprint density at radius 2 is 1.53 bits per heavy atom. The third kappa shape index (κ3) is 8.28. The number of aliphatic hydroxyl groups is 2. The summed E-state index contributed by atoms with van der Waals surface area (Å²) in [4.78, 5) is 34.2. The van der Waals surface area contributed by atoms with Crippen molar-refractivity contribution in [3.63, 3.8) is 0 Å². The van der Waals surface area contributed by atoms with E-state index in [1.165, 1.54) is 6.92 Å². The second kappa shape index (κ2) is 10.5. The van der Waals surface area contributed by atoms with Crippen LogP contribution in [0.15, 0.2) is 0 Å². The smallest absolute Gasteiger partial charge is 0.317 e. The molecule has 0 rings (SSSR count). The van der Waals surface area contributed by atoms with Gasteiger partial charge in [-0.15, -0.1) is 0 Å². The van der Waals surface area contributed by atoms with Gasteiger partial charge in [0, 0.05) is 26.1 Å². The molecule has 1 unspecified atom stereocenters. The maximum Gasteiger partial charge on any atom is 0.317 e. The van der Waals surface area contributed by atoms with Gasteiger partial charge in [-0.2, -0.15) is 0 Å². The van der Waals surface area contributed by atoms with E-state index in [-0.39, 0.29) is 39.3 Å². The molecule has 0 heterocycles. The van der Waals surface area contributed by atoms with E-state index in [4.69, 9.17) is 19.7 Å². The number of hydrogen-bond donors (Lipinski definition) is 2. The quantitative estimate of drug-likeness (QED) is 0.312. The van der Waals surface area contributed by atoms with Gasteiger partial charge in [0.05, 0.1) is 19.6 Å². The first kappa shape index (κ1) is 17.5.